The fourth-order valence-electron chi connectivity index (χ4n) is 2.60. The Balaban J connectivity index is 1.64. The van der Waals surface area contributed by atoms with Crippen LogP contribution in [0.5, 0.6) is 0 Å². The number of hydrogen-bond acceptors (Lipinski definition) is 6. The fourth-order valence-corrected chi connectivity index (χ4v) is 2.60. The van der Waals surface area contributed by atoms with Gasteiger partial charge >= 0.3 is 17.9 Å². The van der Waals surface area contributed by atoms with E-state index in [0.717, 1.165) is 37.3 Å². The molecule has 32 heavy (non-hydrogen) atoms. The molecule has 168 valence electrons. The van der Waals surface area contributed by atoms with E-state index in [4.69, 9.17) is 9.15 Å². The van der Waals surface area contributed by atoms with Gasteiger partial charge in [-0.3, -0.25) is 9.59 Å². The molecule has 1 unspecified atom stereocenters. The van der Waals surface area contributed by atoms with E-state index in [9.17, 15) is 31.9 Å². The molecule has 0 bridgehead atoms. The van der Waals surface area contributed by atoms with E-state index in [1.807, 2.05) is 0 Å². The maximum absolute atomic E-state index is 13.0. The lowest BCUT2D eigenvalue weighted by molar-refractivity contribution is -0.154. The van der Waals surface area contributed by atoms with Gasteiger partial charge in [0.15, 0.2) is 6.10 Å². The summed E-state index contributed by atoms with van der Waals surface area (Å²) in [4.78, 5) is 36.1. The number of ether oxygens (including phenoxy) is 1. The van der Waals surface area contributed by atoms with Crippen molar-refractivity contribution in [3.8, 4) is 11.5 Å². The average Bonchev–Trinajstić information content (AvgIpc) is 3.08. The molecule has 8 nitrogen and oxygen atoms in total. The van der Waals surface area contributed by atoms with Crippen molar-refractivity contribution in [3.05, 3.63) is 70.5 Å². The molecule has 0 saturated carbocycles. The predicted octanol–water partition coefficient (Wildman–Crippen LogP) is 3.23. The molecular weight excluding hydrogens is 438 g/mol. The zero-order valence-electron chi connectivity index (χ0n) is 16.4. The topological polar surface area (TPSA) is 103 Å². The number of hydrogen-bond donors (Lipinski definition) is 1. The highest BCUT2D eigenvalue weighted by molar-refractivity contribution is 5.95. The third kappa shape index (κ3) is 5.39. The number of carbonyl (C=O) groups excluding carboxylic acids is 2. The van der Waals surface area contributed by atoms with Gasteiger partial charge in [-0.1, -0.05) is 12.1 Å². The maximum atomic E-state index is 13.0. The molecule has 0 aliphatic rings. The predicted molar refractivity (Wildman–Crippen MR) is 102 cm³/mol. The first-order valence-corrected chi connectivity index (χ1v) is 9.05. The van der Waals surface area contributed by atoms with Crippen LogP contribution < -0.4 is 11.1 Å². The zero-order chi connectivity index (χ0) is 23.5. The zero-order valence-corrected chi connectivity index (χ0v) is 16.4. The molecule has 0 radical (unpaired) electrons. The number of anilines is 1. The molecule has 0 aliphatic carbocycles. The number of halogens is 4. The van der Waals surface area contributed by atoms with Gasteiger partial charge in [-0.05, 0) is 43.3 Å². The summed E-state index contributed by atoms with van der Waals surface area (Å²) in [5.41, 5.74) is -1.27. The van der Waals surface area contributed by atoms with E-state index >= 15 is 0 Å². The lowest BCUT2D eigenvalue weighted by atomic mass is 10.1. The minimum atomic E-state index is -4.69. The van der Waals surface area contributed by atoms with E-state index in [2.05, 4.69) is 10.4 Å². The van der Waals surface area contributed by atoms with Gasteiger partial charge in [0.1, 0.15) is 12.4 Å². The molecule has 1 N–H and O–H groups in total. The Morgan fingerprint density at radius 1 is 1.16 bits per heavy atom. The number of esters is 1. The second-order valence-electron chi connectivity index (χ2n) is 6.50. The first kappa shape index (κ1) is 22.7. The van der Waals surface area contributed by atoms with Crippen molar-refractivity contribution in [2.75, 3.05) is 5.32 Å². The van der Waals surface area contributed by atoms with E-state index in [0.29, 0.717) is 4.68 Å². The molecule has 0 aliphatic heterocycles. The van der Waals surface area contributed by atoms with Gasteiger partial charge < -0.3 is 14.5 Å². The van der Waals surface area contributed by atoms with Crippen molar-refractivity contribution in [2.45, 2.75) is 25.7 Å². The van der Waals surface area contributed by atoms with Crippen LogP contribution in [0.3, 0.4) is 0 Å². The van der Waals surface area contributed by atoms with E-state index in [1.165, 1.54) is 18.2 Å². The Hall–Kier alpha value is -3.96. The lowest BCUT2D eigenvalue weighted by Crippen LogP contribution is -2.33. The number of nitrogens with zero attached hydrogens (tertiary/aromatic N) is 2. The minimum absolute atomic E-state index is 0.169. The molecule has 3 aromatic rings. The minimum Gasteiger partial charge on any atom is -0.451 e. The molecule has 1 amide bonds. The van der Waals surface area contributed by atoms with Crippen LogP contribution in [0.4, 0.5) is 23.2 Å². The average molecular weight is 453 g/mol. The van der Waals surface area contributed by atoms with Crippen molar-refractivity contribution >= 4 is 17.6 Å². The Kier molecular flexibility index (Phi) is 6.42. The first-order chi connectivity index (χ1) is 15.0. The maximum Gasteiger partial charge on any atom is 0.437 e. The molecule has 12 heteroatoms. The molecule has 1 aromatic heterocycles. The van der Waals surface area contributed by atoms with Crippen molar-refractivity contribution in [1.29, 1.82) is 0 Å². The van der Waals surface area contributed by atoms with E-state index in [-0.39, 0.29) is 11.5 Å². The van der Waals surface area contributed by atoms with Crippen molar-refractivity contribution in [2.24, 2.45) is 0 Å². The quantitative estimate of drug-likeness (QED) is 0.454. The number of rotatable bonds is 6. The Bertz CT molecular complexity index is 1180. The van der Waals surface area contributed by atoms with Gasteiger partial charge in [-0.15, -0.1) is 5.10 Å². The number of benzene rings is 2. The summed E-state index contributed by atoms with van der Waals surface area (Å²) in [5, 5.41) is 5.86. The normalized spacial score (nSPS) is 12.3. The summed E-state index contributed by atoms with van der Waals surface area (Å²) in [5.74, 6) is -3.74. The highest BCUT2D eigenvalue weighted by Crippen LogP contribution is 2.34. The lowest BCUT2D eigenvalue weighted by Gasteiger charge is -2.16. The van der Waals surface area contributed by atoms with Crippen LogP contribution >= 0.6 is 0 Å². The number of aromatic nitrogens is 2. The molecule has 0 saturated heterocycles. The van der Waals surface area contributed by atoms with Crippen LogP contribution in [-0.2, 0) is 27.0 Å². The number of alkyl halides is 3. The first-order valence-electron chi connectivity index (χ1n) is 9.05. The summed E-state index contributed by atoms with van der Waals surface area (Å²) < 4.78 is 62.5. The van der Waals surface area contributed by atoms with Gasteiger partial charge in [-0.25, -0.2) is 9.18 Å². The Morgan fingerprint density at radius 2 is 1.81 bits per heavy atom. The van der Waals surface area contributed by atoms with Crippen LogP contribution in [0.15, 0.2) is 57.7 Å². The van der Waals surface area contributed by atoms with E-state index in [1.54, 1.807) is 0 Å². The van der Waals surface area contributed by atoms with Crippen LogP contribution in [-0.4, -0.2) is 27.8 Å². The van der Waals surface area contributed by atoms with Gasteiger partial charge in [-0.2, -0.15) is 17.9 Å². The standard InChI is InChI=1S/C20H15F4N3O5/c1-11(17(29)25-15-5-3-2-4-14(15)20(22,23)24)31-16(28)10-27-19(30)32-18(26-27)12-6-8-13(21)9-7-12/h2-9,11H,10H2,1H3,(H,25,29). The third-order valence-electron chi connectivity index (χ3n) is 4.14. The van der Waals surface area contributed by atoms with Gasteiger partial charge in [0, 0.05) is 5.56 Å². The summed E-state index contributed by atoms with van der Waals surface area (Å²) in [6, 6.07) is 9.20. The van der Waals surface area contributed by atoms with Gasteiger partial charge in [0.2, 0.25) is 5.89 Å². The molecule has 1 atom stereocenters. The number of amides is 1. The Labute approximate surface area is 177 Å². The van der Waals surface area contributed by atoms with Crippen LogP contribution in [0.2, 0.25) is 0 Å². The summed E-state index contributed by atoms with van der Waals surface area (Å²) in [6.07, 6.45) is -6.16. The fraction of sp³-hybridized carbons (Fsp3) is 0.200. The molecule has 0 fully saturated rings. The number of carbonyl (C=O) groups is 2. The van der Waals surface area contributed by atoms with Crippen molar-refractivity contribution < 1.29 is 36.3 Å². The van der Waals surface area contributed by atoms with E-state index < -0.39 is 53.5 Å². The SMILES string of the molecule is CC(OC(=O)Cn1nc(-c2ccc(F)cc2)oc1=O)C(=O)Nc1ccccc1C(F)(F)F. The number of nitrogens with one attached hydrogen (secondary N) is 1. The molecule has 1 heterocycles. The second-order valence-corrected chi connectivity index (χ2v) is 6.50. The van der Waals surface area contributed by atoms with Gasteiger partial charge in [0.05, 0.1) is 11.3 Å². The van der Waals surface area contributed by atoms with Crippen molar-refractivity contribution in [3.63, 3.8) is 0 Å². The summed E-state index contributed by atoms with van der Waals surface area (Å²) >= 11 is 0. The Morgan fingerprint density at radius 3 is 2.47 bits per heavy atom. The molecule has 3 rings (SSSR count). The number of para-hydroxylation sites is 1. The highest BCUT2D eigenvalue weighted by Gasteiger charge is 2.34. The summed E-state index contributed by atoms with van der Waals surface area (Å²) in [7, 11) is 0. The van der Waals surface area contributed by atoms with Crippen molar-refractivity contribution in [1.82, 2.24) is 9.78 Å². The largest absolute Gasteiger partial charge is 0.451 e. The smallest absolute Gasteiger partial charge is 0.437 e. The monoisotopic (exact) mass is 453 g/mol. The summed E-state index contributed by atoms with van der Waals surface area (Å²) in [6.45, 7) is 0.430. The highest BCUT2D eigenvalue weighted by atomic mass is 19.4. The van der Waals surface area contributed by atoms with Crippen LogP contribution in [0.25, 0.3) is 11.5 Å². The van der Waals surface area contributed by atoms with Crippen LogP contribution in [0, 0.1) is 5.82 Å². The molecule has 0 spiro atoms. The van der Waals surface area contributed by atoms with Crippen LogP contribution in [0.1, 0.15) is 12.5 Å². The third-order valence-corrected chi connectivity index (χ3v) is 4.14. The molecule has 2 aromatic carbocycles. The molecular formula is C20H15F4N3O5. The van der Waals surface area contributed by atoms with Gasteiger partial charge in [0.25, 0.3) is 5.91 Å². The second kappa shape index (κ2) is 9.04.